The van der Waals surface area contributed by atoms with Gasteiger partial charge in [-0.2, -0.15) is 0 Å². The second kappa shape index (κ2) is 6.77. The van der Waals surface area contributed by atoms with Crippen molar-refractivity contribution in [2.24, 2.45) is 0 Å². The smallest absolute Gasteiger partial charge is 0.119 e. The average molecular weight is 281 g/mol. The number of aryl methyl sites for hydroxylation is 1. The van der Waals surface area contributed by atoms with Gasteiger partial charge in [-0.15, -0.1) is 0 Å². The molecule has 21 heavy (non-hydrogen) atoms. The summed E-state index contributed by atoms with van der Waals surface area (Å²) < 4.78 is 5.34. The second-order valence-corrected chi connectivity index (χ2v) is 5.77. The molecule has 0 heterocycles. The summed E-state index contributed by atoms with van der Waals surface area (Å²) >= 11 is 0. The maximum absolute atomic E-state index is 5.34. The van der Waals surface area contributed by atoms with Gasteiger partial charge >= 0.3 is 0 Å². The highest BCUT2D eigenvalue weighted by molar-refractivity contribution is 5.39. The van der Waals surface area contributed by atoms with Crippen molar-refractivity contribution < 1.29 is 4.74 Å². The van der Waals surface area contributed by atoms with E-state index in [0.29, 0.717) is 5.92 Å². The molecule has 3 rings (SSSR count). The Bertz CT molecular complexity index is 579. The van der Waals surface area contributed by atoms with Crippen LogP contribution in [0.3, 0.4) is 0 Å². The van der Waals surface area contributed by atoms with E-state index in [1.54, 1.807) is 7.11 Å². The number of ether oxygens (including phenoxy) is 1. The van der Waals surface area contributed by atoms with Crippen LogP contribution in [0.4, 0.5) is 0 Å². The molecule has 1 aliphatic rings. The van der Waals surface area contributed by atoms with Crippen LogP contribution >= 0.6 is 0 Å². The van der Waals surface area contributed by atoms with Gasteiger partial charge in [0.05, 0.1) is 7.11 Å². The maximum atomic E-state index is 5.34. The molecular formula is C19H23NO. The number of nitrogens with one attached hydrogen (secondary N) is 1. The van der Waals surface area contributed by atoms with Crippen molar-refractivity contribution in [2.75, 3.05) is 13.7 Å². The maximum Gasteiger partial charge on any atom is 0.119 e. The Kier molecular flexibility index (Phi) is 4.56. The van der Waals surface area contributed by atoms with Gasteiger partial charge in [-0.3, -0.25) is 0 Å². The van der Waals surface area contributed by atoms with E-state index >= 15 is 0 Å². The number of methoxy groups -OCH3 is 1. The topological polar surface area (TPSA) is 21.3 Å². The first-order valence-electron chi connectivity index (χ1n) is 7.78. The fourth-order valence-corrected chi connectivity index (χ4v) is 3.22. The molecule has 1 atom stereocenters. The molecule has 0 radical (unpaired) electrons. The van der Waals surface area contributed by atoms with Gasteiger partial charge in [-0.25, -0.2) is 0 Å². The van der Waals surface area contributed by atoms with Crippen LogP contribution in [0, 0.1) is 0 Å². The van der Waals surface area contributed by atoms with Gasteiger partial charge in [0.2, 0.25) is 0 Å². The Hall–Kier alpha value is -1.80. The molecule has 110 valence electrons. The van der Waals surface area contributed by atoms with E-state index in [4.69, 9.17) is 4.74 Å². The lowest BCUT2D eigenvalue weighted by Gasteiger charge is -2.26. The molecule has 2 nitrogen and oxygen atoms in total. The Morgan fingerprint density at radius 3 is 2.81 bits per heavy atom. The van der Waals surface area contributed by atoms with E-state index in [2.05, 4.69) is 53.8 Å². The second-order valence-electron chi connectivity index (χ2n) is 5.77. The zero-order valence-corrected chi connectivity index (χ0v) is 12.6. The van der Waals surface area contributed by atoms with E-state index < -0.39 is 0 Å². The summed E-state index contributed by atoms with van der Waals surface area (Å²) in [5.74, 6) is 1.61. The molecule has 1 N–H and O–H groups in total. The number of hydrogen-bond donors (Lipinski definition) is 1. The molecular weight excluding hydrogens is 258 g/mol. The van der Waals surface area contributed by atoms with Crippen molar-refractivity contribution in [3.8, 4) is 5.75 Å². The minimum absolute atomic E-state index is 0.628. The van der Waals surface area contributed by atoms with E-state index in [9.17, 15) is 0 Å². The first-order valence-corrected chi connectivity index (χ1v) is 7.78. The van der Waals surface area contributed by atoms with Crippen LogP contribution < -0.4 is 10.1 Å². The number of hydrogen-bond acceptors (Lipinski definition) is 2. The van der Waals surface area contributed by atoms with Crippen molar-refractivity contribution in [3.05, 3.63) is 65.2 Å². The van der Waals surface area contributed by atoms with Crippen LogP contribution in [0.25, 0.3) is 0 Å². The standard InChI is InChI=1S/C19H23NO/c1-21-18-10-11-19-16(12-18)8-5-9-17(19)14-20-13-15-6-3-2-4-7-15/h2-4,6-7,10-12,17,20H,5,8-9,13-14H2,1H3. The van der Waals surface area contributed by atoms with Gasteiger partial charge < -0.3 is 10.1 Å². The van der Waals surface area contributed by atoms with Crippen LogP contribution in [0.2, 0.25) is 0 Å². The molecule has 0 aliphatic heterocycles. The minimum atomic E-state index is 0.628. The number of fused-ring (bicyclic) bond motifs is 1. The van der Waals surface area contributed by atoms with Crippen LogP contribution in [0.5, 0.6) is 5.75 Å². The Balaban J connectivity index is 1.62. The summed E-state index contributed by atoms with van der Waals surface area (Å²) in [5, 5.41) is 3.61. The van der Waals surface area contributed by atoms with E-state index in [-0.39, 0.29) is 0 Å². The van der Waals surface area contributed by atoms with Gasteiger partial charge in [0.15, 0.2) is 0 Å². The quantitative estimate of drug-likeness (QED) is 0.897. The Morgan fingerprint density at radius 2 is 2.00 bits per heavy atom. The molecule has 2 heteroatoms. The van der Waals surface area contributed by atoms with Gasteiger partial charge in [-0.1, -0.05) is 36.4 Å². The zero-order chi connectivity index (χ0) is 14.5. The molecule has 0 fully saturated rings. The van der Waals surface area contributed by atoms with Crippen LogP contribution in [-0.4, -0.2) is 13.7 Å². The van der Waals surface area contributed by atoms with Crippen LogP contribution in [0.1, 0.15) is 35.4 Å². The molecule has 2 aromatic rings. The van der Waals surface area contributed by atoms with Crippen molar-refractivity contribution in [1.29, 1.82) is 0 Å². The predicted molar refractivity (Wildman–Crippen MR) is 86.8 cm³/mol. The predicted octanol–water partition coefficient (Wildman–Crippen LogP) is 3.90. The van der Waals surface area contributed by atoms with Crippen LogP contribution in [0.15, 0.2) is 48.5 Å². The van der Waals surface area contributed by atoms with Crippen molar-refractivity contribution >= 4 is 0 Å². The average Bonchev–Trinajstić information content (AvgIpc) is 2.55. The SMILES string of the molecule is COc1ccc2c(c1)CCCC2CNCc1ccccc1. The lowest BCUT2D eigenvalue weighted by molar-refractivity contribution is 0.412. The fourth-order valence-electron chi connectivity index (χ4n) is 3.22. The lowest BCUT2D eigenvalue weighted by atomic mass is 9.82. The molecule has 0 amide bonds. The number of benzene rings is 2. The highest BCUT2D eigenvalue weighted by atomic mass is 16.5. The van der Waals surface area contributed by atoms with Gasteiger partial charge in [0.25, 0.3) is 0 Å². The first kappa shape index (κ1) is 14.2. The van der Waals surface area contributed by atoms with Gasteiger partial charge in [-0.05, 0) is 54.0 Å². The third-order valence-electron chi connectivity index (χ3n) is 4.35. The Morgan fingerprint density at radius 1 is 1.14 bits per heavy atom. The van der Waals surface area contributed by atoms with Gasteiger partial charge in [0, 0.05) is 13.1 Å². The molecule has 1 aliphatic carbocycles. The molecule has 0 saturated heterocycles. The van der Waals surface area contributed by atoms with E-state index in [1.165, 1.54) is 36.0 Å². The first-order chi connectivity index (χ1) is 10.4. The van der Waals surface area contributed by atoms with E-state index in [1.807, 2.05) is 0 Å². The molecule has 0 aromatic heterocycles. The number of rotatable bonds is 5. The largest absolute Gasteiger partial charge is 0.497 e. The fraction of sp³-hybridized carbons (Fsp3) is 0.368. The Labute approximate surface area is 127 Å². The van der Waals surface area contributed by atoms with Crippen molar-refractivity contribution in [2.45, 2.75) is 31.7 Å². The summed E-state index contributed by atoms with van der Waals surface area (Å²) in [5.41, 5.74) is 4.32. The summed E-state index contributed by atoms with van der Waals surface area (Å²) in [4.78, 5) is 0. The zero-order valence-electron chi connectivity index (χ0n) is 12.6. The minimum Gasteiger partial charge on any atom is -0.497 e. The normalized spacial score (nSPS) is 17.3. The molecule has 0 saturated carbocycles. The summed E-state index contributed by atoms with van der Waals surface area (Å²) in [6, 6.07) is 17.2. The third kappa shape index (κ3) is 3.45. The van der Waals surface area contributed by atoms with Crippen molar-refractivity contribution in [1.82, 2.24) is 5.32 Å². The monoisotopic (exact) mass is 281 g/mol. The highest BCUT2D eigenvalue weighted by Gasteiger charge is 2.20. The van der Waals surface area contributed by atoms with Crippen molar-refractivity contribution in [3.63, 3.8) is 0 Å². The summed E-state index contributed by atoms with van der Waals surface area (Å²) in [7, 11) is 1.74. The summed E-state index contributed by atoms with van der Waals surface area (Å²) in [6.07, 6.45) is 3.74. The van der Waals surface area contributed by atoms with E-state index in [0.717, 1.165) is 18.8 Å². The molecule has 0 bridgehead atoms. The molecule has 1 unspecified atom stereocenters. The van der Waals surface area contributed by atoms with Gasteiger partial charge in [0.1, 0.15) is 5.75 Å². The molecule has 2 aromatic carbocycles. The third-order valence-corrected chi connectivity index (χ3v) is 4.35. The molecule has 0 spiro atoms. The lowest BCUT2D eigenvalue weighted by Crippen LogP contribution is -2.24. The van der Waals surface area contributed by atoms with Crippen LogP contribution in [-0.2, 0) is 13.0 Å². The summed E-state index contributed by atoms with van der Waals surface area (Å²) in [6.45, 7) is 2.00. The highest BCUT2D eigenvalue weighted by Crippen LogP contribution is 2.33.